The van der Waals surface area contributed by atoms with Gasteiger partial charge in [-0.15, -0.1) is 5.10 Å². The number of aliphatic carboxylic acids is 1. The van der Waals surface area contributed by atoms with E-state index in [1.807, 2.05) is 49.4 Å². The summed E-state index contributed by atoms with van der Waals surface area (Å²) in [4.78, 5) is 29.2. The number of carbonyl (C=O) groups is 2. The monoisotopic (exact) mass is 533 g/mol. The van der Waals surface area contributed by atoms with Crippen LogP contribution in [-0.2, 0) is 23.1 Å². The second kappa shape index (κ2) is 11.0. The highest BCUT2D eigenvalue weighted by Gasteiger charge is 2.40. The van der Waals surface area contributed by atoms with Gasteiger partial charge in [-0.2, -0.15) is 0 Å². The molecule has 0 radical (unpaired) electrons. The highest BCUT2D eigenvalue weighted by Crippen LogP contribution is 2.45. The first-order valence-corrected chi connectivity index (χ1v) is 13.5. The van der Waals surface area contributed by atoms with Crippen LogP contribution in [0.15, 0.2) is 42.5 Å². The van der Waals surface area contributed by atoms with Crippen molar-refractivity contribution in [3.8, 4) is 17.1 Å². The number of ether oxygens (including phenoxy) is 2. The van der Waals surface area contributed by atoms with Crippen LogP contribution in [0.5, 0.6) is 5.75 Å². The molecule has 3 aromatic rings. The molecule has 10 heteroatoms. The zero-order valence-corrected chi connectivity index (χ0v) is 22.6. The average molecular weight is 534 g/mol. The summed E-state index contributed by atoms with van der Waals surface area (Å²) in [6.07, 6.45) is 3.77. The summed E-state index contributed by atoms with van der Waals surface area (Å²) < 4.78 is 13.5. The van der Waals surface area contributed by atoms with Crippen molar-refractivity contribution in [1.82, 2.24) is 25.3 Å². The summed E-state index contributed by atoms with van der Waals surface area (Å²) in [7, 11) is 1.77. The molecule has 2 fully saturated rings. The average Bonchev–Trinajstić information content (AvgIpc) is 3.70. The van der Waals surface area contributed by atoms with E-state index in [9.17, 15) is 14.7 Å². The van der Waals surface area contributed by atoms with Crippen molar-refractivity contribution in [2.24, 2.45) is 12.5 Å². The maximum Gasteiger partial charge on any atom is 0.408 e. The van der Waals surface area contributed by atoms with Crippen LogP contribution in [0.2, 0.25) is 0 Å². The second-order valence-electron chi connectivity index (χ2n) is 10.9. The molecule has 5 rings (SSSR count). The van der Waals surface area contributed by atoms with E-state index in [1.54, 1.807) is 18.7 Å². The van der Waals surface area contributed by atoms with Gasteiger partial charge in [0.25, 0.3) is 0 Å². The first-order chi connectivity index (χ1) is 18.7. The molecule has 0 aliphatic heterocycles. The number of nitrogens with zero attached hydrogens (tertiary/aromatic N) is 4. The minimum Gasteiger partial charge on any atom is -0.488 e. The normalized spacial score (nSPS) is 21.7. The van der Waals surface area contributed by atoms with E-state index >= 15 is 0 Å². The van der Waals surface area contributed by atoms with Crippen LogP contribution in [0.1, 0.15) is 81.3 Å². The molecule has 2 N–H and O–H groups in total. The largest absolute Gasteiger partial charge is 0.488 e. The molecule has 3 atom stereocenters. The molecule has 2 heterocycles. The highest BCUT2D eigenvalue weighted by molar-refractivity contribution is 5.74. The lowest BCUT2D eigenvalue weighted by molar-refractivity contribution is -0.151. The maximum atomic E-state index is 12.5. The van der Waals surface area contributed by atoms with Gasteiger partial charge in [-0.25, -0.2) is 14.5 Å². The minimum absolute atomic E-state index is 0.162. The highest BCUT2D eigenvalue weighted by atomic mass is 16.6. The molecular weight excluding hydrogens is 498 g/mol. The Hall–Kier alpha value is -3.95. The molecule has 1 amide bonds. The fourth-order valence-corrected chi connectivity index (χ4v) is 5.17. The fourth-order valence-electron chi connectivity index (χ4n) is 5.17. The molecule has 39 heavy (non-hydrogen) atoms. The number of carboxylic acids is 1. The van der Waals surface area contributed by atoms with Gasteiger partial charge in [-0.05, 0) is 63.6 Å². The van der Waals surface area contributed by atoms with Crippen molar-refractivity contribution in [3.05, 3.63) is 59.4 Å². The van der Waals surface area contributed by atoms with Crippen LogP contribution in [-0.4, -0.2) is 43.3 Å². The van der Waals surface area contributed by atoms with Gasteiger partial charge in [0.05, 0.1) is 35.1 Å². The lowest BCUT2D eigenvalue weighted by atomic mass is 9.74. The summed E-state index contributed by atoms with van der Waals surface area (Å²) in [6, 6.07) is 13.3. The van der Waals surface area contributed by atoms with Gasteiger partial charge in [0.15, 0.2) is 0 Å². The molecule has 2 saturated carbocycles. The molecule has 206 valence electrons. The van der Waals surface area contributed by atoms with Crippen LogP contribution in [0.4, 0.5) is 4.79 Å². The second-order valence-corrected chi connectivity index (χ2v) is 10.9. The SMILES string of the molecule is C[C@@H](OC(=O)NCc1c(-c2ccc(O[C@H]3CCC[C@](C)(C(=O)O)C3)c(C3CC3)n2)nnn1C)c1ccccc1. The lowest BCUT2D eigenvalue weighted by Gasteiger charge is -2.35. The summed E-state index contributed by atoms with van der Waals surface area (Å²) in [6.45, 7) is 3.80. The van der Waals surface area contributed by atoms with Crippen LogP contribution in [0.25, 0.3) is 11.4 Å². The number of alkyl carbamates (subject to hydrolysis) is 1. The Morgan fingerprint density at radius 3 is 2.67 bits per heavy atom. The van der Waals surface area contributed by atoms with E-state index in [2.05, 4.69) is 15.6 Å². The van der Waals surface area contributed by atoms with E-state index < -0.39 is 17.5 Å². The molecule has 2 aliphatic rings. The first kappa shape index (κ1) is 26.6. The van der Waals surface area contributed by atoms with Crippen LogP contribution < -0.4 is 10.1 Å². The standard InChI is InChI=1S/C29H35N5O5/c1-18(19-8-5-4-6-9-19)38-28(37)30-17-23-26(32-33-34(23)3)22-13-14-24(25(31-22)20-11-12-20)39-21-10-7-15-29(2,16-21)27(35)36/h4-6,8-9,13-14,18,20-21H,7,10-12,15-17H2,1-3H3,(H,30,37)(H,35,36)/t18-,21+,29+/m1/s1. The third kappa shape index (κ3) is 6.05. The Balaban J connectivity index is 1.29. The van der Waals surface area contributed by atoms with Gasteiger partial charge in [0.2, 0.25) is 0 Å². The van der Waals surface area contributed by atoms with Gasteiger partial charge < -0.3 is 19.9 Å². The Morgan fingerprint density at radius 1 is 1.18 bits per heavy atom. The summed E-state index contributed by atoms with van der Waals surface area (Å²) in [5, 5.41) is 21.0. The Bertz CT molecular complexity index is 1340. The van der Waals surface area contributed by atoms with Gasteiger partial charge in [-0.3, -0.25) is 4.79 Å². The molecule has 0 unspecified atom stereocenters. The Labute approximate surface area is 227 Å². The third-order valence-electron chi connectivity index (χ3n) is 7.73. The lowest BCUT2D eigenvalue weighted by Crippen LogP contribution is -2.38. The molecule has 0 saturated heterocycles. The van der Waals surface area contributed by atoms with Gasteiger partial charge in [0, 0.05) is 19.4 Å². The number of carboxylic acid groups (broad SMARTS) is 1. The van der Waals surface area contributed by atoms with Crippen molar-refractivity contribution in [3.63, 3.8) is 0 Å². The maximum absolute atomic E-state index is 12.5. The number of benzene rings is 1. The molecule has 2 aliphatic carbocycles. The fraction of sp³-hybridized carbons (Fsp3) is 0.483. The van der Waals surface area contributed by atoms with Crippen LogP contribution in [0, 0.1) is 5.41 Å². The number of hydrogen-bond donors (Lipinski definition) is 2. The number of rotatable bonds is 9. The summed E-state index contributed by atoms with van der Waals surface area (Å²) in [5.74, 6) is 0.249. The molecule has 0 bridgehead atoms. The zero-order chi connectivity index (χ0) is 27.6. The smallest absolute Gasteiger partial charge is 0.408 e. The molecule has 1 aromatic carbocycles. The molecular formula is C29H35N5O5. The van der Waals surface area contributed by atoms with E-state index in [4.69, 9.17) is 14.5 Å². The number of aryl methyl sites for hydroxylation is 1. The topological polar surface area (TPSA) is 128 Å². The predicted octanol–water partition coefficient (Wildman–Crippen LogP) is 5.15. The quantitative estimate of drug-likeness (QED) is 0.386. The van der Waals surface area contributed by atoms with Crippen molar-refractivity contribution in [2.45, 2.75) is 77.0 Å². The van der Waals surface area contributed by atoms with E-state index in [1.165, 1.54) is 0 Å². The van der Waals surface area contributed by atoms with Gasteiger partial charge >= 0.3 is 12.1 Å². The van der Waals surface area contributed by atoms with Gasteiger partial charge in [-0.1, -0.05) is 35.5 Å². The Kier molecular flexibility index (Phi) is 7.54. The number of amides is 1. The van der Waals surface area contributed by atoms with Crippen molar-refractivity contribution in [1.29, 1.82) is 0 Å². The van der Waals surface area contributed by atoms with E-state index in [0.717, 1.165) is 36.9 Å². The number of hydrogen-bond acceptors (Lipinski definition) is 7. The van der Waals surface area contributed by atoms with E-state index in [-0.39, 0.29) is 18.8 Å². The minimum atomic E-state index is -0.770. The van der Waals surface area contributed by atoms with E-state index in [0.29, 0.717) is 41.6 Å². The number of nitrogens with one attached hydrogen (secondary N) is 1. The van der Waals surface area contributed by atoms with Gasteiger partial charge in [0.1, 0.15) is 17.5 Å². The third-order valence-corrected chi connectivity index (χ3v) is 7.73. The van der Waals surface area contributed by atoms with Crippen molar-refractivity contribution < 1.29 is 24.2 Å². The number of aromatic nitrogens is 4. The first-order valence-electron chi connectivity index (χ1n) is 13.5. The molecule has 2 aromatic heterocycles. The summed E-state index contributed by atoms with van der Waals surface area (Å²) >= 11 is 0. The van der Waals surface area contributed by atoms with Crippen LogP contribution in [0.3, 0.4) is 0 Å². The zero-order valence-electron chi connectivity index (χ0n) is 22.6. The predicted molar refractivity (Wildman–Crippen MR) is 143 cm³/mol. The number of carbonyl (C=O) groups excluding carboxylic acids is 1. The van der Waals surface area contributed by atoms with Crippen molar-refractivity contribution >= 4 is 12.1 Å². The molecule has 10 nitrogen and oxygen atoms in total. The Morgan fingerprint density at radius 2 is 1.95 bits per heavy atom. The van der Waals surface area contributed by atoms with Crippen molar-refractivity contribution in [2.75, 3.05) is 0 Å². The summed E-state index contributed by atoms with van der Waals surface area (Å²) in [5.41, 5.74) is 2.95. The number of pyridine rings is 1. The van der Waals surface area contributed by atoms with Crippen LogP contribution >= 0.6 is 0 Å². The molecule has 0 spiro atoms.